The number of aromatic nitrogens is 1. The first-order valence-electron chi connectivity index (χ1n) is 7.92. The summed E-state index contributed by atoms with van der Waals surface area (Å²) in [4.78, 5) is 6.91. The molecule has 0 atom stereocenters. The van der Waals surface area contributed by atoms with E-state index < -0.39 is 10.0 Å². The van der Waals surface area contributed by atoms with E-state index in [1.54, 1.807) is 11.3 Å². The van der Waals surface area contributed by atoms with Crippen molar-refractivity contribution in [1.82, 2.24) is 9.71 Å². The van der Waals surface area contributed by atoms with Gasteiger partial charge in [0, 0.05) is 31.4 Å². The van der Waals surface area contributed by atoms with Crippen LogP contribution >= 0.6 is 11.3 Å². The van der Waals surface area contributed by atoms with Crippen molar-refractivity contribution in [3.8, 4) is 0 Å². The maximum atomic E-state index is 11.9. The normalized spacial score (nSPS) is 16.4. The molecule has 7 heteroatoms. The van der Waals surface area contributed by atoms with Gasteiger partial charge in [-0.1, -0.05) is 20.8 Å². The highest BCUT2D eigenvalue weighted by molar-refractivity contribution is 7.89. The number of thiazole rings is 1. The third-order valence-corrected chi connectivity index (χ3v) is 6.08. The summed E-state index contributed by atoms with van der Waals surface area (Å²) in [6.45, 7) is 8.77. The zero-order valence-electron chi connectivity index (χ0n) is 13.8. The Labute approximate surface area is 138 Å². The molecule has 1 saturated heterocycles. The molecule has 1 N–H and O–H groups in total. The third-order valence-electron chi connectivity index (χ3n) is 3.74. The molecule has 0 aliphatic carbocycles. The van der Waals surface area contributed by atoms with Crippen LogP contribution in [0.5, 0.6) is 0 Å². The van der Waals surface area contributed by atoms with Crippen molar-refractivity contribution in [2.45, 2.75) is 46.5 Å². The molecule has 1 aliphatic rings. The molecule has 0 radical (unpaired) electrons. The van der Waals surface area contributed by atoms with E-state index in [9.17, 15) is 8.42 Å². The first kappa shape index (κ1) is 17.7. The molecule has 22 heavy (non-hydrogen) atoms. The van der Waals surface area contributed by atoms with Crippen LogP contribution in [0.25, 0.3) is 0 Å². The summed E-state index contributed by atoms with van der Waals surface area (Å²) < 4.78 is 26.6. The van der Waals surface area contributed by atoms with Crippen LogP contribution in [-0.2, 0) is 16.4 Å². The minimum absolute atomic E-state index is 0.0360. The summed E-state index contributed by atoms with van der Waals surface area (Å²) in [5, 5.41) is 3.11. The predicted molar refractivity (Wildman–Crippen MR) is 93.1 cm³/mol. The Kier molecular flexibility index (Phi) is 5.85. The van der Waals surface area contributed by atoms with Crippen molar-refractivity contribution >= 4 is 26.5 Å². The quantitative estimate of drug-likeness (QED) is 0.825. The second-order valence-electron chi connectivity index (χ2n) is 7.09. The number of sulfonamides is 1. The number of hydrogen-bond acceptors (Lipinski definition) is 5. The van der Waals surface area contributed by atoms with Crippen LogP contribution in [0.2, 0.25) is 0 Å². The van der Waals surface area contributed by atoms with Crippen LogP contribution in [0.1, 0.15) is 45.7 Å². The molecule has 1 fully saturated rings. The van der Waals surface area contributed by atoms with E-state index in [2.05, 4.69) is 35.4 Å². The highest BCUT2D eigenvalue weighted by Gasteiger charge is 2.18. The SMILES string of the molecule is CC(C)(C)CCS(=O)(=O)NCCc1csc(N2CCCC2)n1. The highest BCUT2D eigenvalue weighted by Crippen LogP contribution is 2.24. The molecule has 126 valence electrons. The van der Waals surface area contributed by atoms with Crippen molar-refractivity contribution in [2.24, 2.45) is 5.41 Å². The van der Waals surface area contributed by atoms with E-state index in [0.717, 1.165) is 23.9 Å². The van der Waals surface area contributed by atoms with Crippen LogP contribution in [0.15, 0.2) is 5.38 Å². The van der Waals surface area contributed by atoms with E-state index in [1.807, 2.05) is 5.38 Å². The van der Waals surface area contributed by atoms with Gasteiger partial charge in [0.15, 0.2) is 5.13 Å². The van der Waals surface area contributed by atoms with Crippen LogP contribution in [0.4, 0.5) is 5.13 Å². The summed E-state index contributed by atoms with van der Waals surface area (Å²) in [7, 11) is -3.18. The average molecular weight is 346 g/mol. The second-order valence-corrected chi connectivity index (χ2v) is 9.85. The fourth-order valence-electron chi connectivity index (χ4n) is 2.31. The zero-order valence-corrected chi connectivity index (χ0v) is 15.4. The molecule has 5 nitrogen and oxygen atoms in total. The van der Waals surface area contributed by atoms with Gasteiger partial charge in [-0.3, -0.25) is 0 Å². The van der Waals surface area contributed by atoms with Gasteiger partial charge in [0.05, 0.1) is 11.4 Å². The molecule has 0 spiro atoms. The van der Waals surface area contributed by atoms with Gasteiger partial charge in [0.2, 0.25) is 10.0 Å². The number of nitrogens with zero attached hydrogens (tertiary/aromatic N) is 2. The minimum Gasteiger partial charge on any atom is -0.348 e. The van der Waals surface area contributed by atoms with Crippen LogP contribution < -0.4 is 9.62 Å². The lowest BCUT2D eigenvalue weighted by Crippen LogP contribution is -2.30. The standard InChI is InChI=1S/C15H27N3O2S2/c1-15(2,3)7-11-22(19,20)16-8-6-13-12-21-14(17-13)18-9-4-5-10-18/h12,16H,4-11H2,1-3H3. The van der Waals surface area contributed by atoms with E-state index in [0.29, 0.717) is 19.4 Å². The first-order chi connectivity index (χ1) is 10.3. The molecule has 1 aromatic rings. The predicted octanol–water partition coefficient (Wildman–Crippen LogP) is 2.64. The first-order valence-corrected chi connectivity index (χ1v) is 10.5. The van der Waals surface area contributed by atoms with Crippen molar-refractivity contribution in [1.29, 1.82) is 0 Å². The zero-order chi connectivity index (χ0) is 16.2. The van der Waals surface area contributed by atoms with Gasteiger partial charge < -0.3 is 4.90 Å². The third kappa shape index (κ3) is 5.85. The monoisotopic (exact) mass is 345 g/mol. The minimum atomic E-state index is -3.18. The molecule has 1 aromatic heterocycles. The van der Waals surface area contributed by atoms with Gasteiger partial charge in [-0.25, -0.2) is 18.1 Å². The van der Waals surface area contributed by atoms with Crippen molar-refractivity contribution < 1.29 is 8.42 Å². The second kappa shape index (κ2) is 7.27. The van der Waals surface area contributed by atoms with E-state index >= 15 is 0 Å². The lowest BCUT2D eigenvalue weighted by atomic mass is 9.94. The fourth-order valence-corrected chi connectivity index (χ4v) is 4.66. The summed E-state index contributed by atoms with van der Waals surface area (Å²) in [5.74, 6) is 0.187. The largest absolute Gasteiger partial charge is 0.348 e. The van der Waals surface area contributed by atoms with Crippen molar-refractivity contribution in [3.05, 3.63) is 11.1 Å². The summed E-state index contributed by atoms with van der Waals surface area (Å²) in [6, 6.07) is 0. The Morgan fingerprint density at radius 2 is 2.00 bits per heavy atom. The Bertz CT molecular complexity index is 570. The molecule has 0 amide bonds. The van der Waals surface area contributed by atoms with E-state index in [4.69, 9.17) is 0 Å². The Morgan fingerprint density at radius 3 is 2.64 bits per heavy atom. The Balaban J connectivity index is 1.76. The summed E-state index contributed by atoms with van der Waals surface area (Å²) >= 11 is 1.66. The Hall–Kier alpha value is -0.660. The molecule has 1 aliphatic heterocycles. The van der Waals surface area contributed by atoms with Gasteiger partial charge in [0.1, 0.15) is 0 Å². The molecular formula is C15H27N3O2S2. The van der Waals surface area contributed by atoms with E-state index in [-0.39, 0.29) is 11.2 Å². The van der Waals surface area contributed by atoms with Gasteiger partial charge in [-0.2, -0.15) is 0 Å². The molecule has 2 rings (SSSR count). The molecule has 0 saturated carbocycles. The van der Waals surface area contributed by atoms with Crippen molar-refractivity contribution in [3.63, 3.8) is 0 Å². The van der Waals surface area contributed by atoms with Crippen LogP contribution in [-0.4, -0.2) is 38.8 Å². The highest BCUT2D eigenvalue weighted by atomic mass is 32.2. The fraction of sp³-hybridized carbons (Fsp3) is 0.800. The van der Waals surface area contributed by atoms with Crippen LogP contribution in [0.3, 0.4) is 0 Å². The van der Waals surface area contributed by atoms with Gasteiger partial charge in [0.25, 0.3) is 0 Å². The van der Waals surface area contributed by atoms with Gasteiger partial charge in [-0.15, -0.1) is 11.3 Å². The smallest absolute Gasteiger partial charge is 0.211 e. The number of rotatable bonds is 7. The van der Waals surface area contributed by atoms with Gasteiger partial charge in [-0.05, 0) is 24.7 Å². The molecule has 0 unspecified atom stereocenters. The lowest BCUT2D eigenvalue weighted by molar-refractivity contribution is 0.396. The molecule has 0 bridgehead atoms. The van der Waals surface area contributed by atoms with Crippen molar-refractivity contribution in [2.75, 3.05) is 30.3 Å². The van der Waals surface area contributed by atoms with Gasteiger partial charge >= 0.3 is 0 Å². The topological polar surface area (TPSA) is 62.3 Å². The maximum Gasteiger partial charge on any atom is 0.211 e. The summed E-state index contributed by atoms with van der Waals surface area (Å²) in [5.41, 5.74) is 1.01. The molecular weight excluding hydrogens is 318 g/mol. The number of hydrogen-bond donors (Lipinski definition) is 1. The number of nitrogens with one attached hydrogen (secondary N) is 1. The summed E-state index contributed by atoms with van der Waals surface area (Å²) in [6.07, 6.45) is 3.79. The molecule has 0 aromatic carbocycles. The van der Waals surface area contributed by atoms with E-state index in [1.165, 1.54) is 12.8 Å². The lowest BCUT2D eigenvalue weighted by Gasteiger charge is -2.17. The molecule has 2 heterocycles. The van der Waals surface area contributed by atoms with Crippen LogP contribution in [0, 0.1) is 5.41 Å². The Morgan fingerprint density at radius 1 is 1.32 bits per heavy atom. The average Bonchev–Trinajstić information content (AvgIpc) is 3.06. The maximum absolute atomic E-state index is 11.9. The number of anilines is 1.